The molecule has 244 valence electrons. The van der Waals surface area contributed by atoms with Crippen LogP contribution in [0.3, 0.4) is 0 Å². The van der Waals surface area contributed by atoms with Gasteiger partial charge in [-0.3, -0.25) is 4.79 Å². The number of methoxy groups -OCH3 is 2. The first-order valence-electron chi connectivity index (χ1n) is 16.0. The van der Waals surface area contributed by atoms with Crippen LogP contribution < -0.4 is 19.8 Å². The predicted molar refractivity (Wildman–Crippen MR) is 192 cm³/mol. The monoisotopic (exact) mass is 646 g/mol. The summed E-state index contributed by atoms with van der Waals surface area (Å²) in [6.07, 6.45) is 5.21. The highest BCUT2D eigenvalue weighted by Gasteiger charge is 2.50. The van der Waals surface area contributed by atoms with Crippen molar-refractivity contribution >= 4 is 33.0 Å². The van der Waals surface area contributed by atoms with E-state index in [1.165, 1.54) is 10.4 Å². The molecule has 0 saturated heterocycles. The summed E-state index contributed by atoms with van der Waals surface area (Å²) in [6.45, 7) is 19.9. The second-order valence-corrected chi connectivity index (χ2v) is 23.3. The van der Waals surface area contributed by atoms with Crippen molar-refractivity contribution in [3.63, 3.8) is 0 Å². The summed E-state index contributed by atoms with van der Waals surface area (Å²) in [6, 6.07) is 25.3. The summed E-state index contributed by atoms with van der Waals surface area (Å²) in [5.74, 6) is 0.872. The Hall–Kier alpha value is -3.14. The molecule has 0 heterocycles. The van der Waals surface area contributed by atoms with Gasteiger partial charge in [-0.2, -0.15) is 0 Å². The Balaban J connectivity index is 2.06. The van der Waals surface area contributed by atoms with Gasteiger partial charge in [-0.25, -0.2) is 0 Å². The summed E-state index contributed by atoms with van der Waals surface area (Å²) in [7, 11) is -1.69. The SMILES string of the molecule is CC/C=C/[C@@H](CC(=O)O[Si](C)(C)C(C)(C)C)c1c(OC)cc(CO[Si](c2ccccc2)(c2ccccc2)C(C)(C)C)cc1OC. The molecule has 3 rings (SSSR count). The molecule has 0 fully saturated rings. The Morgan fingerprint density at radius 3 is 1.69 bits per heavy atom. The van der Waals surface area contributed by atoms with Gasteiger partial charge in [0.15, 0.2) is 0 Å². The minimum atomic E-state index is -2.75. The lowest BCUT2D eigenvalue weighted by Gasteiger charge is -2.43. The van der Waals surface area contributed by atoms with Crippen LogP contribution in [0.2, 0.25) is 23.2 Å². The van der Waals surface area contributed by atoms with Gasteiger partial charge in [0.25, 0.3) is 22.6 Å². The van der Waals surface area contributed by atoms with Crippen LogP contribution in [0.25, 0.3) is 0 Å². The minimum Gasteiger partial charge on any atom is -0.519 e. The van der Waals surface area contributed by atoms with Gasteiger partial charge < -0.3 is 18.3 Å². The number of carbonyl (C=O) groups excluding carboxylic acids is 1. The van der Waals surface area contributed by atoms with Gasteiger partial charge in [-0.15, -0.1) is 0 Å². The lowest BCUT2D eigenvalue weighted by atomic mass is 9.92. The van der Waals surface area contributed by atoms with Crippen LogP contribution in [0.4, 0.5) is 0 Å². The van der Waals surface area contributed by atoms with Crippen molar-refractivity contribution in [2.45, 2.75) is 97.0 Å². The van der Waals surface area contributed by atoms with Crippen molar-refractivity contribution < 1.29 is 23.1 Å². The molecule has 3 aromatic carbocycles. The molecular formula is C38H54O5Si2. The summed E-state index contributed by atoms with van der Waals surface area (Å²) in [5, 5.41) is 2.23. The third-order valence-electron chi connectivity index (χ3n) is 9.01. The van der Waals surface area contributed by atoms with E-state index in [0.29, 0.717) is 18.1 Å². The number of benzene rings is 3. The maximum absolute atomic E-state index is 13.4. The summed E-state index contributed by atoms with van der Waals surface area (Å²) < 4.78 is 25.4. The molecule has 0 saturated carbocycles. The maximum atomic E-state index is 13.4. The molecular weight excluding hydrogens is 593 g/mol. The third-order valence-corrected chi connectivity index (χ3v) is 18.3. The molecule has 0 N–H and O–H groups in total. The number of carbonyl (C=O) groups is 1. The first-order chi connectivity index (χ1) is 21.1. The summed E-state index contributed by atoms with van der Waals surface area (Å²) >= 11 is 0. The van der Waals surface area contributed by atoms with Crippen molar-refractivity contribution in [2.24, 2.45) is 0 Å². The first-order valence-corrected chi connectivity index (χ1v) is 20.8. The molecule has 0 aliphatic heterocycles. The standard InChI is InChI=1S/C38H54O5Si2/c1-12-13-20-30(27-35(39)43-44(10,11)37(2,3)4)36-33(40-8)25-29(26-34(36)41-9)28-42-45(38(5,6)7,31-21-16-14-17-22-31)32-23-18-15-19-24-32/h13-26,30H,12,27-28H2,1-11H3/b20-13+/t30-/m0/s1. The molecule has 0 amide bonds. The molecule has 0 spiro atoms. The lowest BCUT2D eigenvalue weighted by molar-refractivity contribution is -0.135. The summed E-state index contributed by atoms with van der Waals surface area (Å²) in [5.41, 5.74) is 1.79. The Kier molecular flexibility index (Phi) is 12.1. The second kappa shape index (κ2) is 15.0. The molecule has 0 radical (unpaired) electrons. The van der Waals surface area contributed by atoms with E-state index in [1.54, 1.807) is 14.2 Å². The van der Waals surface area contributed by atoms with E-state index >= 15 is 0 Å². The third kappa shape index (κ3) is 8.37. The van der Waals surface area contributed by atoms with Crippen LogP contribution in [0.15, 0.2) is 84.9 Å². The van der Waals surface area contributed by atoms with E-state index in [-0.39, 0.29) is 28.4 Å². The van der Waals surface area contributed by atoms with Crippen LogP contribution in [0, 0.1) is 0 Å². The normalized spacial score (nSPS) is 13.5. The van der Waals surface area contributed by atoms with Crippen LogP contribution in [-0.4, -0.2) is 36.8 Å². The molecule has 5 nitrogen and oxygen atoms in total. The molecule has 7 heteroatoms. The Morgan fingerprint density at radius 2 is 1.29 bits per heavy atom. The van der Waals surface area contributed by atoms with Gasteiger partial charge in [0.1, 0.15) is 11.5 Å². The van der Waals surface area contributed by atoms with Crippen molar-refractivity contribution in [3.8, 4) is 11.5 Å². The summed E-state index contributed by atoms with van der Waals surface area (Å²) in [4.78, 5) is 13.4. The molecule has 0 aliphatic carbocycles. The highest BCUT2D eigenvalue weighted by atomic mass is 28.4. The fraction of sp³-hybridized carbons (Fsp3) is 0.447. The molecule has 0 bridgehead atoms. The van der Waals surface area contributed by atoms with E-state index in [0.717, 1.165) is 17.5 Å². The van der Waals surface area contributed by atoms with E-state index in [4.69, 9.17) is 18.3 Å². The fourth-order valence-corrected chi connectivity index (χ4v) is 11.1. The number of allylic oxidation sites excluding steroid dienone is 2. The number of hydrogen-bond donors (Lipinski definition) is 0. The fourth-order valence-electron chi connectivity index (χ4n) is 5.62. The van der Waals surface area contributed by atoms with Gasteiger partial charge in [0.05, 0.1) is 27.2 Å². The van der Waals surface area contributed by atoms with Crippen LogP contribution in [-0.2, 0) is 20.3 Å². The van der Waals surface area contributed by atoms with E-state index < -0.39 is 16.6 Å². The highest BCUT2D eigenvalue weighted by Crippen LogP contribution is 2.42. The van der Waals surface area contributed by atoms with Gasteiger partial charge in [-0.05, 0) is 57.7 Å². The smallest absolute Gasteiger partial charge is 0.293 e. The van der Waals surface area contributed by atoms with Crippen molar-refractivity contribution in [2.75, 3.05) is 14.2 Å². The van der Waals surface area contributed by atoms with E-state index in [1.807, 2.05) is 12.1 Å². The topological polar surface area (TPSA) is 54.0 Å². The van der Waals surface area contributed by atoms with Crippen LogP contribution >= 0.6 is 0 Å². The Labute approximate surface area is 274 Å². The van der Waals surface area contributed by atoms with Gasteiger partial charge in [0.2, 0.25) is 0 Å². The van der Waals surface area contributed by atoms with Gasteiger partial charge in [-0.1, -0.05) is 121 Å². The van der Waals surface area contributed by atoms with Crippen LogP contribution in [0.5, 0.6) is 11.5 Å². The Morgan fingerprint density at radius 1 is 0.800 bits per heavy atom. The van der Waals surface area contributed by atoms with Gasteiger partial charge in [0, 0.05) is 11.5 Å². The van der Waals surface area contributed by atoms with Crippen molar-refractivity contribution in [1.82, 2.24) is 0 Å². The van der Waals surface area contributed by atoms with Crippen molar-refractivity contribution in [3.05, 3.63) is 96.1 Å². The molecule has 3 aromatic rings. The molecule has 0 unspecified atom stereocenters. The van der Waals surface area contributed by atoms with E-state index in [2.05, 4.69) is 134 Å². The number of ether oxygens (including phenoxy) is 2. The molecule has 45 heavy (non-hydrogen) atoms. The minimum absolute atomic E-state index is 0.0699. The van der Waals surface area contributed by atoms with E-state index in [9.17, 15) is 4.79 Å². The van der Waals surface area contributed by atoms with Crippen LogP contribution in [0.1, 0.15) is 78.4 Å². The molecule has 0 aliphatic rings. The largest absolute Gasteiger partial charge is 0.519 e. The average Bonchev–Trinajstić information content (AvgIpc) is 2.98. The molecule has 0 aromatic heterocycles. The lowest BCUT2D eigenvalue weighted by Crippen LogP contribution is -2.66. The highest BCUT2D eigenvalue weighted by molar-refractivity contribution is 6.99. The zero-order valence-corrected chi connectivity index (χ0v) is 31.3. The molecule has 1 atom stereocenters. The number of rotatable bonds is 13. The first kappa shape index (κ1) is 36.3. The zero-order valence-electron chi connectivity index (χ0n) is 29.3. The Bertz CT molecular complexity index is 1360. The maximum Gasteiger partial charge on any atom is 0.293 e. The quantitative estimate of drug-likeness (QED) is 0.137. The average molecular weight is 647 g/mol. The predicted octanol–water partition coefficient (Wildman–Crippen LogP) is 8.77. The zero-order chi connectivity index (χ0) is 33.5. The second-order valence-electron chi connectivity index (χ2n) is 14.2. The van der Waals surface area contributed by atoms with Crippen molar-refractivity contribution in [1.29, 1.82) is 0 Å². The van der Waals surface area contributed by atoms with Gasteiger partial charge >= 0.3 is 0 Å². The number of hydrogen-bond acceptors (Lipinski definition) is 5.